The molecule has 0 aliphatic rings. The first kappa shape index (κ1) is 18.7. The van der Waals surface area contributed by atoms with Crippen LogP contribution in [0.2, 0.25) is 0 Å². The molecule has 3 aromatic rings. The number of hydrogen-bond donors (Lipinski definition) is 1. The Balaban J connectivity index is 1.79. The van der Waals surface area contributed by atoms with E-state index in [0.29, 0.717) is 22.5 Å². The van der Waals surface area contributed by atoms with Gasteiger partial charge < -0.3 is 9.47 Å². The van der Waals surface area contributed by atoms with E-state index in [0.717, 1.165) is 5.69 Å². The zero-order chi connectivity index (χ0) is 18.6. The summed E-state index contributed by atoms with van der Waals surface area (Å²) in [6, 6.07) is 11.5. The van der Waals surface area contributed by atoms with Crippen molar-refractivity contribution in [1.29, 1.82) is 0 Å². The lowest BCUT2D eigenvalue weighted by molar-refractivity contribution is 0.302. The molecule has 1 heterocycles. The van der Waals surface area contributed by atoms with Gasteiger partial charge in [-0.05, 0) is 30.3 Å². The predicted molar refractivity (Wildman–Crippen MR) is 104 cm³/mol. The number of nitrogens with one attached hydrogen (secondary N) is 1. The number of benzene rings is 2. The van der Waals surface area contributed by atoms with Crippen molar-refractivity contribution in [2.45, 2.75) is 11.5 Å². The Morgan fingerprint density at radius 2 is 2.08 bits per heavy atom. The van der Waals surface area contributed by atoms with Gasteiger partial charge in [-0.1, -0.05) is 22.0 Å². The lowest BCUT2D eigenvalue weighted by Crippen LogP contribution is -2.14. The zero-order valence-corrected chi connectivity index (χ0v) is 16.9. The van der Waals surface area contributed by atoms with Gasteiger partial charge in [-0.2, -0.15) is 0 Å². The minimum atomic E-state index is -3.82. The van der Waals surface area contributed by atoms with Crippen LogP contribution in [0.4, 0.5) is 5.69 Å². The van der Waals surface area contributed by atoms with Crippen LogP contribution in [0.25, 0.3) is 0 Å². The summed E-state index contributed by atoms with van der Waals surface area (Å²) in [4.78, 5) is 4.19. The maximum atomic E-state index is 12.7. The molecule has 0 spiro atoms. The minimum absolute atomic E-state index is 0.0446. The fourth-order valence-corrected chi connectivity index (χ4v) is 4.49. The maximum absolute atomic E-state index is 12.7. The van der Waals surface area contributed by atoms with Crippen LogP contribution in [0.15, 0.2) is 62.7 Å². The number of rotatable bonds is 7. The van der Waals surface area contributed by atoms with E-state index in [9.17, 15) is 8.42 Å². The SMILES string of the molecule is COc1ccc(Br)cc1S(=O)(=O)Nc1cccc(OCc2cscn2)c1. The molecule has 0 saturated carbocycles. The van der Waals surface area contributed by atoms with Crippen molar-refractivity contribution in [3.05, 3.63) is 63.5 Å². The van der Waals surface area contributed by atoms with Crippen LogP contribution in [-0.4, -0.2) is 20.5 Å². The summed E-state index contributed by atoms with van der Waals surface area (Å²) in [5.41, 5.74) is 2.94. The van der Waals surface area contributed by atoms with Crippen LogP contribution in [0.5, 0.6) is 11.5 Å². The summed E-state index contributed by atoms with van der Waals surface area (Å²) in [6.07, 6.45) is 0. The lowest BCUT2D eigenvalue weighted by atomic mass is 10.3. The average Bonchev–Trinajstić information content (AvgIpc) is 3.13. The number of nitrogens with zero attached hydrogens (tertiary/aromatic N) is 1. The number of anilines is 1. The van der Waals surface area contributed by atoms with Gasteiger partial charge in [0, 0.05) is 15.9 Å². The molecule has 0 amide bonds. The monoisotopic (exact) mass is 454 g/mol. The second-order valence-electron chi connectivity index (χ2n) is 5.20. The molecule has 6 nitrogen and oxygen atoms in total. The quantitative estimate of drug-likeness (QED) is 0.575. The molecule has 0 bridgehead atoms. The highest BCUT2D eigenvalue weighted by Gasteiger charge is 2.20. The first-order valence-electron chi connectivity index (χ1n) is 7.44. The highest BCUT2D eigenvalue weighted by Crippen LogP contribution is 2.29. The van der Waals surface area contributed by atoms with Crippen molar-refractivity contribution in [3.63, 3.8) is 0 Å². The van der Waals surface area contributed by atoms with Crippen molar-refractivity contribution in [2.24, 2.45) is 0 Å². The fraction of sp³-hybridized carbons (Fsp3) is 0.118. The molecule has 2 aromatic carbocycles. The molecule has 0 aliphatic heterocycles. The van der Waals surface area contributed by atoms with E-state index in [4.69, 9.17) is 9.47 Å². The molecule has 3 rings (SSSR count). The number of methoxy groups -OCH3 is 1. The number of halogens is 1. The van der Waals surface area contributed by atoms with Gasteiger partial charge in [0.05, 0.1) is 24.0 Å². The molecular weight excluding hydrogens is 440 g/mol. The molecule has 0 unspecified atom stereocenters. The van der Waals surface area contributed by atoms with E-state index in [1.807, 2.05) is 5.38 Å². The van der Waals surface area contributed by atoms with Gasteiger partial charge >= 0.3 is 0 Å². The Bertz CT molecular complexity index is 992. The molecule has 0 aliphatic carbocycles. The lowest BCUT2D eigenvalue weighted by Gasteiger charge is -2.13. The molecule has 0 radical (unpaired) electrons. The average molecular weight is 455 g/mol. The molecule has 0 atom stereocenters. The van der Waals surface area contributed by atoms with Crippen LogP contribution in [0.1, 0.15) is 5.69 Å². The van der Waals surface area contributed by atoms with Gasteiger partial charge in [-0.3, -0.25) is 4.72 Å². The number of sulfonamides is 1. The van der Waals surface area contributed by atoms with Crippen molar-refractivity contribution in [1.82, 2.24) is 4.98 Å². The molecule has 1 aromatic heterocycles. The molecule has 9 heteroatoms. The summed E-state index contributed by atoms with van der Waals surface area (Å²) in [7, 11) is -2.40. The van der Waals surface area contributed by atoms with Crippen LogP contribution < -0.4 is 14.2 Å². The molecule has 26 heavy (non-hydrogen) atoms. The largest absolute Gasteiger partial charge is 0.495 e. The Morgan fingerprint density at radius 3 is 2.81 bits per heavy atom. The van der Waals surface area contributed by atoms with Crippen LogP contribution in [0, 0.1) is 0 Å². The Labute approximate surface area is 164 Å². The summed E-state index contributed by atoms with van der Waals surface area (Å²) in [5, 5.41) is 1.89. The number of ether oxygens (including phenoxy) is 2. The summed E-state index contributed by atoms with van der Waals surface area (Å²) >= 11 is 4.77. The van der Waals surface area contributed by atoms with Crippen molar-refractivity contribution < 1.29 is 17.9 Å². The van der Waals surface area contributed by atoms with E-state index in [1.54, 1.807) is 41.9 Å². The number of thiazole rings is 1. The Kier molecular flexibility index (Phi) is 5.80. The maximum Gasteiger partial charge on any atom is 0.265 e. The molecular formula is C17H15BrN2O4S2. The number of hydrogen-bond acceptors (Lipinski definition) is 6. The first-order valence-corrected chi connectivity index (χ1v) is 10.7. The summed E-state index contributed by atoms with van der Waals surface area (Å²) in [5.74, 6) is 0.802. The Hall–Kier alpha value is -2.10. The molecule has 1 N–H and O–H groups in total. The van der Waals surface area contributed by atoms with E-state index in [-0.39, 0.29) is 10.6 Å². The van der Waals surface area contributed by atoms with Crippen LogP contribution in [0.3, 0.4) is 0 Å². The summed E-state index contributed by atoms with van der Waals surface area (Å²) in [6.45, 7) is 0.319. The number of aromatic nitrogens is 1. The van der Waals surface area contributed by atoms with Crippen LogP contribution >= 0.6 is 27.3 Å². The highest BCUT2D eigenvalue weighted by atomic mass is 79.9. The van der Waals surface area contributed by atoms with Crippen molar-refractivity contribution in [3.8, 4) is 11.5 Å². The van der Waals surface area contributed by atoms with Gasteiger partial charge in [0.25, 0.3) is 10.0 Å². The van der Waals surface area contributed by atoms with Crippen LogP contribution in [-0.2, 0) is 16.6 Å². The van der Waals surface area contributed by atoms with Gasteiger partial charge in [-0.25, -0.2) is 13.4 Å². The van der Waals surface area contributed by atoms with E-state index >= 15 is 0 Å². The molecule has 136 valence electrons. The Morgan fingerprint density at radius 1 is 1.23 bits per heavy atom. The third kappa shape index (κ3) is 4.54. The van der Waals surface area contributed by atoms with Crippen molar-refractivity contribution in [2.75, 3.05) is 11.8 Å². The van der Waals surface area contributed by atoms with E-state index in [1.165, 1.54) is 24.5 Å². The molecule has 0 saturated heterocycles. The van der Waals surface area contributed by atoms with Gasteiger partial charge in [-0.15, -0.1) is 11.3 Å². The van der Waals surface area contributed by atoms with Gasteiger partial charge in [0.2, 0.25) is 0 Å². The van der Waals surface area contributed by atoms with Crippen molar-refractivity contribution >= 4 is 43.0 Å². The second kappa shape index (κ2) is 8.07. The van der Waals surface area contributed by atoms with E-state index in [2.05, 4.69) is 25.6 Å². The fourth-order valence-electron chi connectivity index (χ4n) is 2.19. The topological polar surface area (TPSA) is 77.5 Å². The standard InChI is InChI=1S/C17H15BrN2O4S2/c1-23-16-6-5-12(18)7-17(16)26(21,22)20-13-3-2-4-15(8-13)24-9-14-10-25-11-19-14/h2-8,10-11,20H,9H2,1H3. The third-order valence-corrected chi connectivity index (χ3v) is 5.90. The molecule has 0 fully saturated rings. The van der Waals surface area contributed by atoms with E-state index < -0.39 is 10.0 Å². The normalized spacial score (nSPS) is 11.2. The first-order chi connectivity index (χ1) is 12.5. The third-order valence-electron chi connectivity index (χ3n) is 3.37. The highest BCUT2D eigenvalue weighted by molar-refractivity contribution is 9.10. The predicted octanol–water partition coefficient (Wildman–Crippen LogP) is 4.29. The zero-order valence-electron chi connectivity index (χ0n) is 13.7. The van der Waals surface area contributed by atoms with Gasteiger partial charge in [0.15, 0.2) is 0 Å². The van der Waals surface area contributed by atoms with Gasteiger partial charge in [0.1, 0.15) is 23.0 Å². The minimum Gasteiger partial charge on any atom is -0.495 e. The second-order valence-corrected chi connectivity index (χ2v) is 8.48. The smallest absolute Gasteiger partial charge is 0.265 e. The summed E-state index contributed by atoms with van der Waals surface area (Å²) < 4.78 is 39.5.